The minimum Gasteiger partial charge on any atom is -0.379 e. The Kier molecular flexibility index (Phi) is 8.54. The smallest absolute Gasteiger partial charge is 0.243 e. The van der Waals surface area contributed by atoms with E-state index in [0.717, 1.165) is 57.7 Å². The molecule has 1 aromatic carbocycles. The van der Waals surface area contributed by atoms with Crippen LogP contribution < -0.4 is 5.32 Å². The monoisotopic (exact) mass is 493 g/mol. The molecule has 0 spiro atoms. The van der Waals surface area contributed by atoms with E-state index >= 15 is 0 Å². The molecule has 2 amide bonds. The number of sulfonamides is 1. The lowest BCUT2D eigenvalue weighted by molar-refractivity contribution is -0.132. The van der Waals surface area contributed by atoms with Gasteiger partial charge in [-0.15, -0.1) is 0 Å². The summed E-state index contributed by atoms with van der Waals surface area (Å²) in [5, 5.41) is 2.92. The average Bonchev–Trinajstić information content (AvgIpc) is 3.40. The van der Waals surface area contributed by atoms with Gasteiger partial charge in [0.1, 0.15) is 0 Å². The molecule has 3 heterocycles. The largest absolute Gasteiger partial charge is 0.379 e. The zero-order chi connectivity index (χ0) is 24.0. The van der Waals surface area contributed by atoms with Crippen molar-refractivity contribution in [3.63, 3.8) is 0 Å². The molecule has 0 atom stereocenters. The van der Waals surface area contributed by atoms with Crippen molar-refractivity contribution in [2.45, 2.75) is 24.3 Å². The Morgan fingerprint density at radius 1 is 0.824 bits per heavy atom. The first kappa shape index (κ1) is 25.1. The Labute approximate surface area is 201 Å². The molecule has 3 fully saturated rings. The van der Waals surface area contributed by atoms with Crippen LogP contribution in [0.4, 0.5) is 0 Å². The standard InChI is InChI=1S/C23H35N5O5S/c29-22(18-25-9-11-26(12-10-25)19-23(30)27-7-1-2-8-27)24-17-20-3-5-21(6-4-20)34(31,32)28-13-15-33-16-14-28/h3-6H,1-2,7-19H2,(H,24,29). The van der Waals surface area contributed by atoms with E-state index in [0.29, 0.717) is 45.9 Å². The van der Waals surface area contributed by atoms with Gasteiger partial charge in [-0.2, -0.15) is 4.31 Å². The second-order valence-corrected chi connectivity index (χ2v) is 11.0. The van der Waals surface area contributed by atoms with Gasteiger partial charge in [-0.1, -0.05) is 12.1 Å². The summed E-state index contributed by atoms with van der Waals surface area (Å²) in [6.45, 7) is 7.53. The predicted octanol–water partition coefficient (Wildman–Crippen LogP) is -0.436. The summed E-state index contributed by atoms with van der Waals surface area (Å²) in [4.78, 5) is 31.2. The van der Waals surface area contributed by atoms with Gasteiger partial charge in [0.15, 0.2) is 0 Å². The summed E-state index contributed by atoms with van der Waals surface area (Å²) in [6.07, 6.45) is 2.21. The predicted molar refractivity (Wildman–Crippen MR) is 127 cm³/mol. The fourth-order valence-corrected chi connectivity index (χ4v) is 5.95. The van der Waals surface area contributed by atoms with Crippen molar-refractivity contribution in [2.75, 3.05) is 78.7 Å². The molecule has 34 heavy (non-hydrogen) atoms. The number of amides is 2. The molecular weight excluding hydrogens is 458 g/mol. The molecule has 0 bridgehead atoms. The van der Waals surface area contributed by atoms with Gasteiger partial charge in [-0.05, 0) is 30.5 Å². The maximum Gasteiger partial charge on any atom is 0.243 e. The molecular formula is C23H35N5O5S. The second-order valence-electron chi connectivity index (χ2n) is 9.08. The Hall–Kier alpha value is -2.05. The van der Waals surface area contributed by atoms with Crippen LogP contribution in [0.3, 0.4) is 0 Å². The third-order valence-electron chi connectivity index (χ3n) is 6.67. The van der Waals surface area contributed by atoms with Crippen LogP contribution in [0.2, 0.25) is 0 Å². The summed E-state index contributed by atoms with van der Waals surface area (Å²) < 4.78 is 32.1. The zero-order valence-corrected chi connectivity index (χ0v) is 20.5. The fraction of sp³-hybridized carbons (Fsp3) is 0.652. The number of morpholine rings is 1. The lowest BCUT2D eigenvalue weighted by Gasteiger charge is -2.34. The number of ether oxygens (including phenoxy) is 1. The number of likely N-dealkylation sites (tertiary alicyclic amines) is 1. The molecule has 1 N–H and O–H groups in total. The molecule has 188 valence electrons. The molecule has 0 saturated carbocycles. The first-order chi connectivity index (χ1) is 16.4. The van der Waals surface area contributed by atoms with Gasteiger partial charge in [-0.25, -0.2) is 8.42 Å². The summed E-state index contributed by atoms with van der Waals surface area (Å²) in [6, 6.07) is 6.66. The molecule has 0 aromatic heterocycles. The molecule has 0 aliphatic carbocycles. The van der Waals surface area contributed by atoms with Crippen molar-refractivity contribution in [1.82, 2.24) is 24.3 Å². The van der Waals surface area contributed by atoms with E-state index in [9.17, 15) is 18.0 Å². The van der Waals surface area contributed by atoms with E-state index in [1.165, 1.54) is 4.31 Å². The number of nitrogens with one attached hydrogen (secondary N) is 1. The zero-order valence-electron chi connectivity index (χ0n) is 19.7. The van der Waals surface area contributed by atoms with Crippen molar-refractivity contribution in [3.05, 3.63) is 29.8 Å². The van der Waals surface area contributed by atoms with Gasteiger partial charge in [0.2, 0.25) is 21.8 Å². The first-order valence-corrected chi connectivity index (χ1v) is 13.5. The summed E-state index contributed by atoms with van der Waals surface area (Å²) in [5.41, 5.74) is 0.847. The van der Waals surface area contributed by atoms with Gasteiger partial charge < -0.3 is 15.0 Å². The Morgan fingerprint density at radius 3 is 2.03 bits per heavy atom. The van der Waals surface area contributed by atoms with E-state index in [-0.39, 0.29) is 16.7 Å². The summed E-state index contributed by atoms with van der Waals surface area (Å²) in [5.74, 6) is 0.152. The molecule has 3 aliphatic heterocycles. The minimum absolute atomic E-state index is 0.0633. The maximum absolute atomic E-state index is 12.7. The van der Waals surface area contributed by atoms with E-state index in [1.807, 2.05) is 4.90 Å². The van der Waals surface area contributed by atoms with Gasteiger partial charge in [0, 0.05) is 58.9 Å². The van der Waals surface area contributed by atoms with Gasteiger partial charge in [0.25, 0.3) is 0 Å². The number of carbonyl (C=O) groups is 2. The van der Waals surface area contributed by atoms with E-state index in [4.69, 9.17) is 4.74 Å². The number of rotatable bonds is 8. The van der Waals surface area contributed by atoms with Crippen molar-refractivity contribution in [1.29, 1.82) is 0 Å². The highest BCUT2D eigenvalue weighted by atomic mass is 32.2. The van der Waals surface area contributed by atoms with E-state index in [2.05, 4.69) is 15.1 Å². The number of hydrogen-bond acceptors (Lipinski definition) is 7. The number of nitrogens with zero attached hydrogens (tertiary/aromatic N) is 4. The molecule has 0 unspecified atom stereocenters. The number of benzene rings is 1. The van der Waals surface area contributed by atoms with Crippen LogP contribution in [-0.2, 0) is 30.9 Å². The highest BCUT2D eigenvalue weighted by molar-refractivity contribution is 7.89. The van der Waals surface area contributed by atoms with Gasteiger partial charge in [-0.3, -0.25) is 19.4 Å². The molecule has 11 heteroatoms. The molecule has 0 radical (unpaired) electrons. The van der Waals surface area contributed by atoms with Crippen molar-refractivity contribution < 1.29 is 22.7 Å². The lowest BCUT2D eigenvalue weighted by atomic mass is 10.2. The molecule has 1 aromatic rings. The van der Waals surface area contributed by atoms with Crippen LogP contribution in [0, 0.1) is 0 Å². The van der Waals surface area contributed by atoms with E-state index < -0.39 is 10.0 Å². The lowest BCUT2D eigenvalue weighted by Crippen LogP contribution is -2.51. The highest BCUT2D eigenvalue weighted by Gasteiger charge is 2.26. The minimum atomic E-state index is -3.51. The van der Waals surface area contributed by atoms with E-state index in [1.54, 1.807) is 24.3 Å². The maximum atomic E-state index is 12.7. The molecule has 3 aliphatic rings. The summed E-state index contributed by atoms with van der Waals surface area (Å²) >= 11 is 0. The average molecular weight is 494 g/mol. The van der Waals surface area contributed by atoms with Gasteiger partial charge in [0.05, 0.1) is 31.2 Å². The fourth-order valence-electron chi connectivity index (χ4n) is 4.54. The van der Waals surface area contributed by atoms with Crippen LogP contribution >= 0.6 is 0 Å². The molecule has 10 nitrogen and oxygen atoms in total. The van der Waals surface area contributed by atoms with Crippen LogP contribution in [0.5, 0.6) is 0 Å². The number of piperazine rings is 1. The van der Waals surface area contributed by atoms with Crippen LogP contribution in [-0.4, -0.2) is 118 Å². The highest BCUT2D eigenvalue weighted by Crippen LogP contribution is 2.17. The molecule has 3 saturated heterocycles. The van der Waals surface area contributed by atoms with Crippen molar-refractivity contribution >= 4 is 21.8 Å². The van der Waals surface area contributed by atoms with Crippen molar-refractivity contribution in [3.8, 4) is 0 Å². The Bertz CT molecular complexity index is 935. The normalized spacial score (nSPS) is 21.0. The van der Waals surface area contributed by atoms with Crippen LogP contribution in [0.15, 0.2) is 29.2 Å². The SMILES string of the molecule is O=C(CN1CCN(CC(=O)N2CCCC2)CC1)NCc1ccc(S(=O)(=O)N2CCOCC2)cc1. The topological polar surface area (TPSA) is 102 Å². The first-order valence-electron chi connectivity index (χ1n) is 12.1. The van der Waals surface area contributed by atoms with Crippen molar-refractivity contribution in [2.24, 2.45) is 0 Å². The Morgan fingerprint density at radius 2 is 1.41 bits per heavy atom. The third kappa shape index (κ3) is 6.54. The van der Waals surface area contributed by atoms with Crippen LogP contribution in [0.1, 0.15) is 18.4 Å². The second kappa shape index (κ2) is 11.6. The third-order valence-corrected chi connectivity index (χ3v) is 8.58. The number of hydrogen-bond donors (Lipinski definition) is 1. The molecule has 4 rings (SSSR count). The summed E-state index contributed by atoms with van der Waals surface area (Å²) in [7, 11) is -3.51. The Balaban J connectivity index is 1.17. The quantitative estimate of drug-likeness (QED) is 0.524. The number of carbonyl (C=O) groups excluding carboxylic acids is 2. The van der Waals surface area contributed by atoms with Crippen LogP contribution in [0.25, 0.3) is 0 Å². The van der Waals surface area contributed by atoms with Gasteiger partial charge >= 0.3 is 0 Å².